The van der Waals surface area contributed by atoms with Crippen LogP contribution in [0.25, 0.3) is 16.9 Å². The Hall–Kier alpha value is -2.57. The molecule has 1 saturated heterocycles. The number of amides is 1. The molecule has 154 valence electrons. The Bertz CT molecular complexity index is 1060. The number of carbonyl (C=O) groups excluding carboxylic acids is 1. The lowest BCUT2D eigenvalue weighted by Crippen LogP contribution is -2.40. The fraction of sp³-hybridized carbons (Fsp3) is 0.333. The van der Waals surface area contributed by atoms with Crippen molar-refractivity contribution in [1.82, 2.24) is 20.0 Å². The molecule has 0 spiro atoms. The molecule has 30 heavy (non-hydrogen) atoms. The van der Waals surface area contributed by atoms with Crippen molar-refractivity contribution >= 4 is 17.7 Å². The second kappa shape index (κ2) is 8.28. The quantitative estimate of drug-likeness (QED) is 0.669. The van der Waals surface area contributed by atoms with E-state index in [1.807, 2.05) is 35.0 Å². The van der Waals surface area contributed by atoms with Gasteiger partial charge in [-0.2, -0.15) is 5.10 Å². The van der Waals surface area contributed by atoms with Gasteiger partial charge in [0.15, 0.2) is 5.69 Å². The predicted octanol–water partition coefficient (Wildman–Crippen LogP) is 4.36. The molecule has 1 N–H and O–H groups in total. The van der Waals surface area contributed by atoms with Gasteiger partial charge in [0.1, 0.15) is 0 Å². The van der Waals surface area contributed by atoms with Gasteiger partial charge in [-0.05, 0) is 44.1 Å². The lowest BCUT2D eigenvalue weighted by molar-refractivity contribution is 0.0935. The Morgan fingerprint density at radius 3 is 2.80 bits per heavy atom. The Kier molecular flexibility index (Phi) is 5.35. The Morgan fingerprint density at radius 1 is 1.17 bits per heavy atom. The highest BCUT2D eigenvalue weighted by molar-refractivity contribution is 7.98. The van der Waals surface area contributed by atoms with Crippen LogP contribution in [-0.4, -0.2) is 46.3 Å². The maximum absolute atomic E-state index is 13.2. The van der Waals surface area contributed by atoms with Crippen molar-refractivity contribution in [3.63, 3.8) is 0 Å². The molecule has 2 aliphatic heterocycles. The first-order valence-electron chi connectivity index (χ1n) is 10.7. The summed E-state index contributed by atoms with van der Waals surface area (Å²) in [6.45, 7) is 5.03. The number of benzene rings is 2. The second-order valence-corrected chi connectivity index (χ2v) is 8.86. The second-order valence-electron chi connectivity index (χ2n) is 7.84. The van der Waals surface area contributed by atoms with E-state index in [0.717, 1.165) is 47.8 Å². The third-order valence-corrected chi connectivity index (χ3v) is 7.22. The molecule has 0 saturated carbocycles. The smallest absolute Gasteiger partial charge is 0.272 e. The summed E-state index contributed by atoms with van der Waals surface area (Å²) < 4.78 is 1.94. The standard InChI is InChI=1S/C24H26N4OS/c1-2-27-14-8-11-18(27)15-25-24(29)22-20-16-30-21-13-7-6-12-19(21)23(20)28(26-22)17-9-4-3-5-10-17/h3-7,9-10,12-13,18H,2,8,11,14-16H2,1H3,(H,25,29). The molecule has 0 radical (unpaired) electrons. The van der Waals surface area contributed by atoms with Gasteiger partial charge in [-0.3, -0.25) is 9.69 Å². The minimum Gasteiger partial charge on any atom is -0.349 e. The molecule has 1 atom stereocenters. The average Bonchev–Trinajstić information content (AvgIpc) is 3.42. The third-order valence-electron chi connectivity index (χ3n) is 6.12. The molecule has 1 fully saturated rings. The van der Waals surface area contributed by atoms with E-state index in [9.17, 15) is 4.79 Å². The number of likely N-dealkylation sites (tertiary alicyclic amines) is 1. The van der Waals surface area contributed by atoms with Crippen LogP contribution in [0.5, 0.6) is 0 Å². The maximum Gasteiger partial charge on any atom is 0.272 e. The molecular formula is C24H26N4OS. The number of likely N-dealkylation sites (N-methyl/N-ethyl adjacent to an activating group) is 1. The van der Waals surface area contributed by atoms with Crippen LogP contribution in [0.15, 0.2) is 59.5 Å². The number of rotatable bonds is 5. The Labute approximate surface area is 181 Å². The first kappa shape index (κ1) is 19.4. The minimum atomic E-state index is -0.0659. The molecule has 1 amide bonds. The summed E-state index contributed by atoms with van der Waals surface area (Å²) in [5.41, 5.74) is 4.74. The summed E-state index contributed by atoms with van der Waals surface area (Å²) in [7, 11) is 0. The van der Waals surface area contributed by atoms with Crippen molar-refractivity contribution < 1.29 is 4.79 Å². The summed E-state index contributed by atoms with van der Waals surface area (Å²) in [4.78, 5) is 16.9. The number of thioether (sulfide) groups is 1. The highest BCUT2D eigenvalue weighted by Crippen LogP contribution is 2.43. The van der Waals surface area contributed by atoms with Crippen LogP contribution in [0.3, 0.4) is 0 Å². The van der Waals surface area contributed by atoms with Crippen LogP contribution >= 0.6 is 11.8 Å². The third kappa shape index (κ3) is 3.44. The van der Waals surface area contributed by atoms with Crippen LogP contribution in [0.2, 0.25) is 0 Å². The van der Waals surface area contributed by atoms with Crippen molar-refractivity contribution in [1.29, 1.82) is 0 Å². The number of nitrogens with zero attached hydrogens (tertiary/aromatic N) is 3. The monoisotopic (exact) mass is 418 g/mol. The van der Waals surface area contributed by atoms with Gasteiger partial charge in [0.05, 0.1) is 11.4 Å². The lowest BCUT2D eigenvalue weighted by Gasteiger charge is -2.22. The zero-order valence-electron chi connectivity index (χ0n) is 17.2. The molecule has 0 bridgehead atoms. The van der Waals surface area contributed by atoms with Crippen molar-refractivity contribution in [2.75, 3.05) is 19.6 Å². The van der Waals surface area contributed by atoms with Gasteiger partial charge < -0.3 is 5.32 Å². The van der Waals surface area contributed by atoms with Crippen LogP contribution in [-0.2, 0) is 5.75 Å². The van der Waals surface area contributed by atoms with Crippen LogP contribution in [0.4, 0.5) is 0 Å². The number of hydrogen-bond donors (Lipinski definition) is 1. The van der Waals surface area contributed by atoms with Gasteiger partial charge in [-0.15, -0.1) is 11.8 Å². The van der Waals surface area contributed by atoms with Gasteiger partial charge in [0, 0.05) is 34.4 Å². The van der Waals surface area contributed by atoms with E-state index in [1.54, 1.807) is 11.8 Å². The zero-order chi connectivity index (χ0) is 20.5. The molecule has 1 unspecified atom stereocenters. The Morgan fingerprint density at radius 2 is 1.97 bits per heavy atom. The number of hydrogen-bond acceptors (Lipinski definition) is 4. The van der Waals surface area contributed by atoms with Gasteiger partial charge >= 0.3 is 0 Å². The first-order valence-corrected chi connectivity index (χ1v) is 11.7. The van der Waals surface area contributed by atoms with E-state index >= 15 is 0 Å². The fourth-order valence-corrected chi connectivity index (χ4v) is 5.65. The summed E-state index contributed by atoms with van der Waals surface area (Å²) in [5.74, 6) is 0.691. The van der Waals surface area contributed by atoms with E-state index in [-0.39, 0.29) is 5.91 Å². The van der Waals surface area contributed by atoms with E-state index in [2.05, 4.69) is 41.4 Å². The predicted molar refractivity (Wildman–Crippen MR) is 121 cm³/mol. The molecule has 3 heterocycles. The van der Waals surface area contributed by atoms with Crippen LogP contribution in [0, 0.1) is 0 Å². The van der Waals surface area contributed by atoms with Gasteiger partial charge in [-0.1, -0.05) is 43.3 Å². The SMILES string of the molecule is CCN1CCCC1CNC(=O)c1nn(-c2ccccc2)c2c1CSc1ccccc1-2. The van der Waals surface area contributed by atoms with Crippen molar-refractivity contribution in [3.05, 3.63) is 65.9 Å². The highest BCUT2D eigenvalue weighted by atomic mass is 32.2. The molecular weight excluding hydrogens is 392 g/mol. The van der Waals surface area contributed by atoms with Crippen molar-refractivity contribution in [2.24, 2.45) is 0 Å². The fourth-order valence-electron chi connectivity index (χ4n) is 4.58. The molecule has 6 heteroatoms. The normalized spacial score (nSPS) is 18.1. The van der Waals surface area contributed by atoms with E-state index < -0.39 is 0 Å². The van der Waals surface area contributed by atoms with E-state index in [4.69, 9.17) is 5.10 Å². The molecule has 3 aromatic rings. The number of carbonyl (C=O) groups is 1. The Balaban J connectivity index is 1.51. The summed E-state index contributed by atoms with van der Waals surface area (Å²) in [5, 5.41) is 8.00. The van der Waals surface area contributed by atoms with Crippen LogP contribution < -0.4 is 5.32 Å². The molecule has 1 aromatic heterocycles. The summed E-state index contributed by atoms with van der Waals surface area (Å²) in [6, 6.07) is 18.9. The summed E-state index contributed by atoms with van der Waals surface area (Å²) >= 11 is 1.78. The molecule has 0 aliphatic carbocycles. The van der Waals surface area contributed by atoms with Crippen LogP contribution in [0.1, 0.15) is 35.8 Å². The van der Waals surface area contributed by atoms with Crippen molar-refractivity contribution in [3.8, 4) is 16.9 Å². The van der Waals surface area contributed by atoms with Gasteiger partial charge in [-0.25, -0.2) is 4.68 Å². The topological polar surface area (TPSA) is 50.2 Å². The molecule has 2 aromatic carbocycles. The largest absolute Gasteiger partial charge is 0.349 e. The maximum atomic E-state index is 13.2. The summed E-state index contributed by atoms with van der Waals surface area (Å²) in [6.07, 6.45) is 2.35. The number of nitrogens with one attached hydrogen (secondary N) is 1. The minimum absolute atomic E-state index is 0.0659. The number of aromatic nitrogens is 2. The lowest BCUT2D eigenvalue weighted by atomic mass is 10.1. The average molecular weight is 419 g/mol. The van der Waals surface area contributed by atoms with Gasteiger partial charge in [0.2, 0.25) is 0 Å². The van der Waals surface area contributed by atoms with Gasteiger partial charge in [0.25, 0.3) is 5.91 Å². The molecule has 2 aliphatic rings. The first-order chi connectivity index (χ1) is 14.8. The number of para-hydroxylation sites is 1. The molecule has 5 rings (SSSR count). The van der Waals surface area contributed by atoms with E-state index in [1.165, 1.54) is 11.3 Å². The van der Waals surface area contributed by atoms with Crippen molar-refractivity contribution in [2.45, 2.75) is 36.5 Å². The number of fused-ring (bicyclic) bond motifs is 3. The van der Waals surface area contributed by atoms with E-state index in [0.29, 0.717) is 18.3 Å². The zero-order valence-corrected chi connectivity index (χ0v) is 18.0. The molecule has 5 nitrogen and oxygen atoms in total. The highest BCUT2D eigenvalue weighted by Gasteiger charge is 2.30.